The molecule has 0 amide bonds. The lowest BCUT2D eigenvalue weighted by Gasteiger charge is -2.26. The molecule has 2 heteroatoms. The van der Waals surface area contributed by atoms with Gasteiger partial charge in [-0.05, 0) is 12.1 Å². The summed E-state index contributed by atoms with van der Waals surface area (Å²) in [7, 11) is 2.15. The van der Waals surface area contributed by atoms with Gasteiger partial charge in [0, 0.05) is 24.2 Å². The summed E-state index contributed by atoms with van der Waals surface area (Å²) in [6.07, 6.45) is 0. The molecule has 1 aliphatic rings. The normalized spacial score (nSPS) is 16.3. The Morgan fingerprint density at radius 3 is 3.00 bits per heavy atom. The molecule has 0 aromatic heterocycles. The molecule has 0 radical (unpaired) electrons. The fourth-order valence-corrected chi connectivity index (χ4v) is 2.44. The lowest BCUT2D eigenvalue weighted by atomic mass is 10.3. The quantitative estimate of drug-likeness (QED) is 0.580. The summed E-state index contributed by atoms with van der Waals surface area (Å²) in [4.78, 5) is 3.73. The number of anilines is 1. The van der Waals surface area contributed by atoms with E-state index in [1.54, 1.807) is 0 Å². The van der Waals surface area contributed by atoms with Crippen LogP contribution in [0.5, 0.6) is 0 Å². The number of hydrogen-bond donors (Lipinski definition) is 0. The molecule has 0 unspecified atom stereocenters. The Morgan fingerprint density at radius 1 is 1.36 bits per heavy atom. The smallest absolute Gasteiger partial charge is 0.0502 e. The minimum absolute atomic E-state index is 1.17. The van der Waals surface area contributed by atoms with E-state index < -0.39 is 0 Å². The Labute approximate surface area is 71.4 Å². The van der Waals surface area contributed by atoms with E-state index in [1.807, 2.05) is 11.8 Å². The van der Waals surface area contributed by atoms with Crippen molar-refractivity contribution < 1.29 is 0 Å². The molecular weight excluding hydrogens is 154 g/mol. The van der Waals surface area contributed by atoms with E-state index in [4.69, 9.17) is 0 Å². The second kappa shape index (κ2) is 2.78. The zero-order chi connectivity index (χ0) is 7.68. The van der Waals surface area contributed by atoms with Gasteiger partial charge < -0.3 is 4.90 Å². The standard InChI is InChI=1S/C9H11NS/c1-10-6-7-11-9-5-3-2-4-8(9)10/h2-5H,6-7H2,1H3. The van der Waals surface area contributed by atoms with Gasteiger partial charge in [0.25, 0.3) is 0 Å². The van der Waals surface area contributed by atoms with Crippen molar-refractivity contribution in [1.29, 1.82) is 0 Å². The van der Waals surface area contributed by atoms with Gasteiger partial charge in [-0.1, -0.05) is 12.1 Å². The van der Waals surface area contributed by atoms with Crippen LogP contribution < -0.4 is 4.90 Å². The second-order valence-corrected chi connectivity index (χ2v) is 3.87. The number of para-hydroxylation sites is 1. The zero-order valence-corrected chi connectivity index (χ0v) is 7.40. The highest BCUT2D eigenvalue weighted by Gasteiger charge is 2.11. The average Bonchev–Trinajstić information content (AvgIpc) is 2.06. The van der Waals surface area contributed by atoms with Gasteiger partial charge in [0.15, 0.2) is 0 Å². The van der Waals surface area contributed by atoms with Gasteiger partial charge in [0.1, 0.15) is 0 Å². The molecule has 11 heavy (non-hydrogen) atoms. The van der Waals surface area contributed by atoms with Crippen molar-refractivity contribution in [3.63, 3.8) is 0 Å². The van der Waals surface area contributed by atoms with Gasteiger partial charge in [-0.15, -0.1) is 11.8 Å². The summed E-state index contributed by atoms with van der Waals surface area (Å²) in [5.41, 5.74) is 1.38. The number of benzene rings is 1. The molecule has 0 N–H and O–H groups in total. The Bertz CT molecular complexity index is 259. The largest absolute Gasteiger partial charge is 0.373 e. The average molecular weight is 165 g/mol. The van der Waals surface area contributed by atoms with Crippen LogP contribution in [-0.4, -0.2) is 19.3 Å². The molecule has 0 fully saturated rings. The summed E-state index contributed by atoms with van der Waals surface area (Å²) in [5, 5.41) is 0. The first-order valence-electron chi connectivity index (χ1n) is 3.81. The third kappa shape index (κ3) is 1.23. The predicted molar refractivity (Wildman–Crippen MR) is 50.4 cm³/mol. The predicted octanol–water partition coefficient (Wildman–Crippen LogP) is 2.23. The monoisotopic (exact) mass is 165 g/mol. The topological polar surface area (TPSA) is 3.24 Å². The van der Waals surface area contributed by atoms with Crippen molar-refractivity contribution in [2.45, 2.75) is 4.90 Å². The first kappa shape index (κ1) is 7.04. The van der Waals surface area contributed by atoms with Crippen molar-refractivity contribution in [3.05, 3.63) is 24.3 Å². The van der Waals surface area contributed by atoms with Crippen LogP contribution in [0.1, 0.15) is 0 Å². The zero-order valence-electron chi connectivity index (χ0n) is 6.58. The van der Waals surface area contributed by atoms with E-state index >= 15 is 0 Å². The number of rotatable bonds is 0. The van der Waals surface area contributed by atoms with Gasteiger partial charge in [-0.25, -0.2) is 0 Å². The molecule has 1 nitrogen and oxygen atoms in total. The first-order valence-corrected chi connectivity index (χ1v) is 4.79. The maximum atomic E-state index is 2.31. The van der Waals surface area contributed by atoms with E-state index in [-0.39, 0.29) is 0 Å². The molecule has 0 bridgehead atoms. The van der Waals surface area contributed by atoms with Crippen LogP contribution in [0.2, 0.25) is 0 Å². The summed E-state index contributed by atoms with van der Waals surface area (Å²) in [6, 6.07) is 8.57. The Hall–Kier alpha value is -0.630. The van der Waals surface area contributed by atoms with Crippen molar-refractivity contribution in [2.24, 2.45) is 0 Å². The maximum Gasteiger partial charge on any atom is 0.0502 e. The van der Waals surface area contributed by atoms with Crippen LogP contribution in [-0.2, 0) is 0 Å². The van der Waals surface area contributed by atoms with Crippen LogP contribution in [0.15, 0.2) is 29.2 Å². The van der Waals surface area contributed by atoms with E-state index in [9.17, 15) is 0 Å². The van der Waals surface area contributed by atoms with E-state index in [1.165, 1.54) is 22.9 Å². The van der Waals surface area contributed by atoms with Crippen LogP contribution in [0.4, 0.5) is 5.69 Å². The Morgan fingerprint density at radius 2 is 2.18 bits per heavy atom. The van der Waals surface area contributed by atoms with Crippen molar-refractivity contribution in [1.82, 2.24) is 0 Å². The van der Waals surface area contributed by atoms with Crippen LogP contribution in [0.3, 0.4) is 0 Å². The van der Waals surface area contributed by atoms with Gasteiger partial charge in [0.2, 0.25) is 0 Å². The highest BCUT2D eigenvalue weighted by Crippen LogP contribution is 2.32. The first-order chi connectivity index (χ1) is 5.38. The van der Waals surface area contributed by atoms with Gasteiger partial charge >= 0.3 is 0 Å². The molecule has 2 rings (SSSR count). The molecule has 1 heterocycles. The Kier molecular flexibility index (Phi) is 1.78. The lowest BCUT2D eigenvalue weighted by molar-refractivity contribution is 0.944. The fourth-order valence-electron chi connectivity index (χ4n) is 1.31. The van der Waals surface area contributed by atoms with Gasteiger partial charge in [0.05, 0.1) is 5.69 Å². The van der Waals surface area contributed by atoms with Crippen LogP contribution >= 0.6 is 11.8 Å². The van der Waals surface area contributed by atoms with E-state index in [2.05, 4.69) is 36.2 Å². The number of thioether (sulfide) groups is 1. The molecule has 0 aliphatic carbocycles. The molecule has 0 spiro atoms. The van der Waals surface area contributed by atoms with Gasteiger partial charge in [-0.2, -0.15) is 0 Å². The van der Waals surface area contributed by atoms with Crippen LogP contribution in [0.25, 0.3) is 0 Å². The van der Waals surface area contributed by atoms with Crippen molar-refractivity contribution >= 4 is 17.4 Å². The fraction of sp³-hybridized carbons (Fsp3) is 0.333. The minimum atomic E-state index is 1.17. The number of hydrogen-bond acceptors (Lipinski definition) is 2. The highest BCUT2D eigenvalue weighted by atomic mass is 32.2. The maximum absolute atomic E-state index is 2.31. The van der Waals surface area contributed by atoms with E-state index in [0.717, 1.165) is 0 Å². The molecule has 0 atom stereocenters. The third-order valence-electron chi connectivity index (χ3n) is 1.96. The molecular formula is C9H11NS. The van der Waals surface area contributed by atoms with E-state index in [0.29, 0.717) is 0 Å². The highest BCUT2D eigenvalue weighted by molar-refractivity contribution is 7.99. The SMILES string of the molecule is CN1CCSc2ccccc21. The summed E-state index contributed by atoms with van der Waals surface area (Å²) < 4.78 is 0. The number of nitrogens with zero attached hydrogens (tertiary/aromatic N) is 1. The molecule has 0 saturated heterocycles. The third-order valence-corrected chi connectivity index (χ3v) is 3.00. The summed E-state index contributed by atoms with van der Waals surface area (Å²) >= 11 is 1.95. The summed E-state index contributed by atoms with van der Waals surface area (Å²) in [6.45, 7) is 1.17. The molecule has 0 saturated carbocycles. The molecule has 1 aromatic carbocycles. The minimum Gasteiger partial charge on any atom is -0.373 e. The summed E-state index contributed by atoms with van der Waals surface area (Å²) in [5.74, 6) is 1.22. The second-order valence-electron chi connectivity index (χ2n) is 2.74. The lowest BCUT2D eigenvalue weighted by Crippen LogP contribution is -2.23. The van der Waals surface area contributed by atoms with Crippen LogP contribution in [0, 0.1) is 0 Å². The van der Waals surface area contributed by atoms with Crippen molar-refractivity contribution in [3.8, 4) is 0 Å². The molecule has 1 aromatic rings. The Balaban J connectivity index is 2.44. The number of fused-ring (bicyclic) bond motifs is 1. The molecule has 58 valence electrons. The van der Waals surface area contributed by atoms with Gasteiger partial charge in [-0.3, -0.25) is 0 Å². The molecule has 1 aliphatic heterocycles. The van der Waals surface area contributed by atoms with Crippen molar-refractivity contribution in [2.75, 3.05) is 24.2 Å².